The fourth-order valence-electron chi connectivity index (χ4n) is 1.20. The molecule has 0 rings (SSSR count). The summed E-state index contributed by atoms with van der Waals surface area (Å²) >= 11 is 0. The highest BCUT2D eigenvalue weighted by molar-refractivity contribution is 5.91. The van der Waals surface area contributed by atoms with E-state index in [2.05, 4.69) is 13.8 Å². The molecule has 0 bridgehead atoms. The number of carbonyl (C=O) groups is 1. The van der Waals surface area contributed by atoms with Gasteiger partial charge in [-0.2, -0.15) is 0 Å². The third-order valence-electron chi connectivity index (χ3n) is 2.38. The second-order valence-electron chi connectivity index (χ2n) is 4.03. The minimum absolute atomic E-state index is 0.337. The van der Waals surface area contributed by atoms with Crippen molar-refractivity contribution in [2.24, 2.45) is 11.7 Å². The summed E-state index contributed by atoms with van der Waals surface area (Å²) in [4.78, 5) is 13.2. The van der Waals surface area contributed by atoms with Gasteiger partial charge in [0.25, 0.3) is 5.91 Å². The molecule has 0 aliphatic rings. The van der Waals surface area contributed by atoms with Gasteiger partial charge in [0, 0.05) is 13.1 Å². The first-order valence-corrected chi connectivity index (χ1v) is 5.14. The average Bonchev–Trinajstić information content (AvgIpc) is 2.11. The third kappa shape index (κ3) is 3.81. The van der Waals surface area contributed by atoms with Crippen LogP contribution in [0.3, 0.4) is 0 Å². The SMILES string of the molecule is CCC(C)N(C)/C(=C\C(C)C)C(N)=O. The van der Waals surface area contributed by atoms with Gasteiger partial charge in [-0.1, -0.05) is 26.8 Å². The molecule has 14 heavy (non-hydrogen) atoms. The van der Waals surface area contributed by atoms with Crippen molar-refractivity contribution < 1.29 is 4.79 Å². The summed E-state index contributed by atoms with van der Waals surface area (Å²) < 4.78 is 0. The number of rotatable bonds is 5. The largest absolute Gasteiger partial charge is 0.368 e. The number of primary amides is 1. The van der Waals surface area contributed by atoms with Crippen LogP contribution in [-0.2, 0) is 4.79 Å². The summed E-state index contributed by atoms with van der Waals surface area (Å²) in [5, 5.41) is 0. The van der Waals surface area contributed by atoms with Gasteiger partial charge >= 0.3 is 0 Å². The number of hydrogen-bond acceptors (Lipinski definition) is 2. The maximum Gasteiger partial charge on any atom is 0.264 e. The molecule has 3 nitrogen and oxygen atoms in total. The van der Waals surface area contributed by atoms with E-state index in [1.165, 1.54) is 0 Å². The smallest absolute Gasteiger partial charge is 0.264 e. The lowest BCUT2D eigenvalue weighted by Crippen LogP contribution is -2.34. The van der Waals surface area contributed by atoms with E-state index in [0.29, 0.717) is 17.7 Å². The van der Waals surface area contributed by atoms with E-state index in [9.17, 15) is 4.79 Å². The Kier molecular flexibility index (Phi) is 5.28. The maximum atomic E-state index is 11.2. The van der Waals surface area contributed by atoms with Gasteiger partial charge in [-0.05, 0) is 19.3 Å². The van der Waals surface area contributed by atoms with E-state index in [0.717, 1.165) is 6.42 Å². The molecule has 0 saturated carbocycles. The van der Waals surface area contributed by atoms with Crippen molar-refractivity contribution in [1.29, 1.82) is 0 Å². The Bertz CT molecular complexity index is 221. The van der Waals surface area contributed by atoms with Crippen LogP contribution in [0.25, 0.3) is 0 Å². The van der Waals surface area contributed by atoms with Crippen molar-refractivity contribution in [1.82, 2.24) is 4.90 Å². The molecule has 0 aliphatic heterocycles. The van der Waals surface area contributed by atoms with Crippen molar-refractivity contribution in [3.05, 3.63) is 11.8 Å². The summed E-state index contributed by atoms with van der Waals surface area (Å²) in [6.07, 6.45) is 2.91. The fourth-order valence-corrected chi connectivity index (χ4v) is 1.20. The van der Waals surface area contributed by atoms with Gasteiger partial charge in [0.15, 0.2) is 0 Å². The summed E-state index contributed by atoms with van der Waals surface area (Å²) in [6.45, 7) is 8.24. The number of nitrogens with zero attached hydrogens (tertiary/aromatic N) is 1. The molecule has 0 spiro atoms. The molecule has 0 saturated heterocycles. The highest BCUT2D eigenvalue weighted by Crippen LogP contribution is 2.11. The average molecular weight is 198 g/mol. The van der Waals surface area contributed by atoms with Crippen LogP contribution in [0.1, 0.15) is 34.1 Å². The Balaban J connectivity index is 4.75. The van der Waals surface area contributed by atoms with E-state index in [1.54, 1.807) is 0 Å². The van der Waals surface area contributed by atoms with Gasteiger partial charge in [0.2, 0.25) is 0 Å². The molecule has 0 fully saturated rings. The number of likely N-dealkylation sites (N-methyl/N-ethyl adjacent to an activating group) is 1. The standard InChI is InChI=1S/C11H22N2O/c1-6-9(4)13(5)10(11(12)14)7-8(2)3/h7-9H,6H2,1-5H3,(H2,12,14)/b10-7-. The van der Waals surface area contributed by atoms with E-state index in [-0.39, 0.29) is 5.91 Å². The minimum Gasteiger partial charge on any atom is -0.368 e. The van der Waals surface area contributed by atoms with Gasteiger partial charge in [-0.3, -0.25) is 4.79 Å². The van der Waals surface area contributed by atoms with Gasteiger partial charge in [0.05, 0.1) is 5.70 Å². The normalized spacial score (nSPS) is 14.3. The predicted molar refractivity (Wildman–Crippen MR) is 59.6 cm³/mol. The number of amides is 1. The molecule has 0 aromatic rings. The van der Waals surface area contributed by atoms with E-state index in [1.807, 2.05) is 31.9 Å². The molecule has 1 unspecified atom stereocenters. The van der Waals surface area contributed by atoms with E-state index in [4.69, 9.17) is 5.73 Å². The summed E-state index contributed by atoms with van der Waals surface area (Å²) in [6, 6.07) is 0.340. The molecule has 0 radical (unpaired) electrons. The van der Waals surface area contributed by atoms with Gasteiger partial charge in [-0.15, -0.1) is 0 Å². The van der Waals surface area contributed by atoms with Crippen LogP contribution in [0.4, 0.5) is 0 Å². The predicted octanol–water partition coefficient (Wildman–Crippen LogP) is 1.74. The molecule has 3 heteroatoms. The Morgan fingerprint density at radius 3 is 2.21 bits per heavy atom. The fraction of sp³-hybridized carbons (Fsp3) is 0.727. The lowest BCUT2D eigenvalue weighted by molar-refractivity contribution is -0.116. The zero-order valence-corrected chi connectivity index (χ0v) is 9.87. The first kappa shape index (κ1) is 13.0. The second-order valence-corrected chi connectivity index (χ2v) is 4.03. The van der Waals surface area contributed by atoms with E-state index < -0.39 is 0 Å². The Labute approximate surface area is 87.0 Å². The molecular weight excluding hydrogens is 176 g/mol. The Morgan fingerprint density at radius 2 is 1.93 bits per heavy atom. The molecule has 2 N–H and O–H groups in total. The van der Waals surface area contributed by atoms with Crippen LogP contribution in [0.2, 0.25) is 0 Å². The zero-order valence-electron chi connectivity index (χ0n) is 9.87. The van der Waals surface area contributed by atoms with E-state index >= 15 is 0 Å². The quantitative estimate of drug-likeness (QED) is 0.684. The Hall–Kier alpha value is -0.990. The van der Waals surface area contributed by atoms with Crippen LogP contribution in [0.5, 0.6) is 0 Å². The monoisotopic (exact) mass is 198 g/mol. The molecule has 1 atom stereocenters. The van der Waals surface area contributed by atoms with Crippen LogP contribution < -0.4 is 5.73 Å². The molecular formula is C11H22N2O. The lowest BCUT2D eigenvalue weighted by atomic mass is 10.1. The second kappa shape index (κ2) is 5.68. The zero-order chi connectivity index (χ0) is 11.3. The number of hydrogen-bond donors (Lipinski definition) is 1. The molecule has 0 aromatic carbocycles. The van der Waals surface area contributed by atoms with Crippen LogP contribution in [-0.4, -0.2) is 23.9 Å². The number of allylic oxidation sites excluding steroid dienone is 1. The van der Waals surface area contributed by atoms with Crippen molar-refractivity contribution in [3.63, 3.8) is 0 Å². The van der Waals surface area contributed by atoms with Gasteiger partial charge in [-0.25, -0.2) is 0 Å². The lowest BCUT2D eigenvalue weighted by Gasteiger charge is -2.27. The van der Waals surface area contributed by atoms with Crippen molar-refractivity contribution in [2.45, 2.75) is 40.2 Å². The molecule has 0 aromatic heterocycles. The highest BCUT2D eigenvalue weighted by atomic mass is 16.1. The molecule has 0 heterocycles. The summed E-state index contributed by atoms with van der Waals surface area (Å²) in [5.74, 6) is -0.00879. The topological polar surface area (TPSA) is 46.3 Å². The number of nitrogens with two attached hydrogens (primary N) is 1. The van der Waals surface area contributed by atoms with Crippen molar-refractivity contribution in [3.8, 4) is 0 Å². The summed E-state index contributed by atoms with van der Waals surface area (Å²) in [7, 11) is 1.91. The van der Waals surface area contributed by atoms with Gasteiger partial charge < -0.3 is 10.6 Å². The van der Waals surface area contributed by atoms with Crippen molar-refractivity contribution in [2.75, 3.05) is 7.05 Å². The molecule has 0 aliphatic carbocycles. The van der Waals surface area contributed by atoms with Crippen LogP contribution in [0, 0.1) is 5.92 Å². The van der Waals surface area contributed by atoms with Crippen LogP contribution in [0.15, 0.2) is 11.8 Å². The van der Waals surface area contributed by atoms with Crippen molar-refractivity contribution >= 4 is 5.91 Å². The summed E-state index contributed by atoms with van der Waals surface area (Å²) in [5.41, 5.74) is 5.95. The Morgan fingerprint density at radius 1 is 1.43 bits per heavy atom. The first-order chi connectivity index (χ1) is 6.40. The van der Waals surface area contributed by atoms with Gasteiger partial charge in [0.1, 0.15) is 0 Å². The first-order valence-electron chi connectivity index (χ1n) is 5.14. The number of carbonyl (C=O) groups excluding carboxylic acids is 1. The highest BCUT2D eigenvalue weighted by Gasteiger charge is 2.15. The van der Waals surface area contributed by atoms with Crippen LogP contribution >= 0.6 is 0 Å². The minimum atomic E-state index is -0.346. The molecule has 82 valence electrons. The molecule has 1 amide bonds. The third-order valence-corrected chi connectivity index (χ3v) is 2.38. The maximum absolute atomic E-state index is 11.2.